The average Bonchev–Trinajstić information content (AvgIpc) is 2.71. The molecule has 0 atom stereocenters. The Bertz CT molecular complexity index is 1200. The van der Waals surface area contributed by atoms with Crippen molar-refractivity contribution in [3.05, 3.63) is 97.6 Å². The van der Waals surface area contributed by atoms with Gasteiger partial charge in [-0.2, -0.15) is 0 Å². The van der Waals surface area contributed by atoms with Gasteiger partial charge < -0.3 is 9.47 Å². The van der Waals surface area contributed by atoms with Crippen LogP contribution >= 0.6 is 15.9 Å². The second-order valence-electron chi connectivity index (χ2n) is 6.50. The van der Waals surface area contributed by atoms with Crippen LogP contribution in [0.25, 0.3) is 11.8 Å². The van der Waals surface area contributed by atoms with Crippen LogP contribution in [0.2, 0.25) is 0 Å². The van der Waals surface area contributed by atoms with Gasteiger partial charge >= 0.3 is 0 Å². The lowest BCUT2D eigenvalue weighted by Gasteiger charge is -2.16. The van der Waals surface area contributed by atoms with Crippen LogP contribution in [0.3, 0.4) is 0 Å². The number of benzene rings is 2. The minimum Gasteiger partial charge on any atom is -0.504 e. The van der Waals surface area contributed by atoms with Gasteiger partial charge in [0.1, 0.15) is 34.2 Å². The van der Waals surface area contributed by atoms with Gasteiger partial charge in [0.2, 0.25) is 0 Å². The molecule has 1 aromatic heterocycles. The van der Waals surface area contributed by atoms with Gasteiger partial charge in [-0.1, -0.05) is 0 Å². The van der Waals surface area contributed by atoms with Crippen molar-refractivity contribution in [2.75, 3.05) is 7.11 Å². The molecule has 3 rings (SSSR count). The van der Waals surface area contributed by atoms with Crippen LogP contribution in [0.4, 0.5) is 17.6 Å². The van der Waals surface area contributed by atoms with E-state index in [4.69, 9.17) is 9.47 Å². The van der Waals surface area contributed by atoms with E-state index in [-0.39, 0.29) is 33.6 Å². The molecule has 0 aliphatic heterocycles. The van der Waals surface area contributed by atoms with Crippen LogP contribution in [-0.4, -0.2) is 11.7 Å². The number of methoxy groups -OCH3 is 1. The SMILES string of the molecule is COC=Cc1cc(F)c(-n2c(C)cc(OCc3ccc(F)cc3F)c(Br)c2=O)c(F)c1. The molecule has 0 aliphatic carbocycles. The fourth-order valence-corrected chi connectivity index (χ4v) is 3.31. The molecule has 162 valence electrons. The van der Waals surface area contributed by atoms with E-state index in [1.807, 2.05) is 0 Å². The molecule has 0 aliphatic rings. The van der Waals surface area contributed by atoms with Crippen LogP contribution in [0.15, 0.2) is 51.9 Å². The Morgan fingerprint density at radius 1 is 1.03 bits per heavy atom. The number of hydrogen-bond acceptors (Lipinski definition) is 3. The zero-order chi connectivity index (χ0) is 22.7. The number of rotatable bonds is 6. The summed E-state index contributed by atoms with van der Waals surface area (Å²) in [5.74, 6) is -3.38. The molecule has 9 heteroatoms. The first-order valence-corrected chi connectivity index (χ1v) is 9.70. The molecule has 0 spiro atoms. The van der Waals surface area contributed by atoms with Gasteiger partial charge in [-0.25, -0.2) is 17.6 Å². The quantitative estimate of drug-likeness (QED) is 0.326. The Labute approximate surface area is 183 Å². The van der Waals surface area contributed by atoms with Crippen molar-refractivity contribution in [3.8, 4) is 11.4 Å². The zero-order valence-electron chi connectivity index (χ0n) is 16.4. The number of halogens is 5. The van der Waals surface area contributed by atoms with Crippen LogP contribution in [0.1, 0.15) is 16.8 Å². The smallest absolute Gasteiger partial charge is 0.273 e. The van der Waals surface area contributed by atoms with E-state index in [9.17, 15) is 22.4 Å². The van der Waals surface area contributed by atoms with Crippen molar-refractivity contribution >= 4 is 22.0 Å². The molecule has 1 heterocycles. The van der Waals surface area contributed by atoms with Gasteiger partial charge in [-0.3, -0.25) is 9.36 Å². The summed E-state index contributed by atoms with van der Waals surface area (Å²) >= 11 is 3.08. The van der Waals surface area contributed by atoms with Crippen molar-refractivity contribution in [2.24, 2.45) is 0 Å². The molecule has 2 aromatic carbocycles. The summed E-state index contributed by atoms with van der Waals surface area (Å²) in [5, 5.41) is 0. The molecular formula is C22H16BrF4NO3. The Kier molecular flexibility index (Phi) is 6.84. The topological polar surface area (TPSA) is 40.5 Å². The van der Waals surface area contributed by atoms with Gasteiger partial charge in [-0.15, -0.1) is 0 Å². The van der Waals surface area contributed by atoms with E-state index in [0.717, 1.165) is 22.8 Å². The summed E-state index contributed by atoms with van der Waals surface area (Å²) in [6.45, 7) is 1.19. The van der Waals surface area contributed by atoms with Crippen molar-refractivity contribution in [1.29, 1.82) is 0 Å². The lowest BCUT2D eigenvalue weighted by Crippen LogP contribution is -2.24. The molecule has 0 unspecified atom stereocenters. The van der Waals surface area contributed by atoms with Crippen LogP contribution < -0.4 is 10.3 Å². The van der Waals surface area contributed by atoms with E-state index < -0.39 is 34.5 Å². The van der Waals surface area contributed by atoms with Crippen LogP contribution in [0, 0.1) is 30.2 Å². The van der Waals surface area contributed by atoms with Crippen molar-refractivity contribution in [1.82, 2.24) is 4.57 Å². The predicted octanol–water partition coefficient (Wildman–Crippen LogP) is 5.66. The first kappa shape index (κ1) is 22.6. The molecule has 0 fully saturated rings. The Balaban J connectivity index is 1.99. The average molecular weight is 498 g/mol. The lowest BCUT2D eigenvalue weighted by atomic mass is 10.1. The largest absolute Gasteiger partial charge is 0.504 e. The summed E-state index contributed by atoms with van der Waals surface area (Å²) in [7, 11) is 1.39. The number of aryl methyl sites for hydroxylation is 1. The maximum absolute atomic E-state index is 14.7. The third-order valence-corrected chi connectivity index (χ3v) is 5.09. The molecule has 4 nitrogen and oxygen atoms in total. The first-order chi connectivity index (χ1) is 14.7. The van der Waals surface area contributed by atoms with E-state index >= 15 is 0 Å². The summed E-state index contributed by atoms with van der Waals surface area (Å²) in [6.07, 6.45) is 2.63. The maximum Gasteiger partial charge on any atom is 0.273 e. The third-order valence-electron chi connectivity index (χ3n) is 4.36. The number of hydrogen-bond donors (Lipinski definition) is 0. The van der Waals surface area contributed by atoms with Gasteiger partial charge in [-0.05, 0) is 58.8 Å². The second kappa shape index (κ2) is 9.38. The molecule has 0 amide bonds. The monoisotopic (exact) mass is 497 g/mol. The highest BCUT2D eigenvalue weighted by atomic mass is 79.9. The van der Waals surface area contributed by atoms with Crippen LogP contribution in [-0.2, 0) is 11.3 Å². The number of pyridine rings is 1. The minimum atomic E-state index is -0.949. The molecule has 31 heavy (non-hydrogen) atoms. The molecule has 0 saturated carbocycles. The van der Waals surface area contributed by atoms with Gasteiger partial charge in [0.15, 0.2) is 11.6 Å². The Morgan fingerprint density at radius 2 is 1.71 bits per heavy atom. The third kappa shape index (κ3) is 4.82. The normalized spacial score (nSPS) is 11.2. The highest BCUT2D eigenvalue weighted by Gasteiger charge is 2.20. The van der Waals surface area contributed by atoms with Crippen molar-refractivity contribution in [3.63, 3.8) is 0 Å². The first-order valence-electron chi connectivity index (χ1n) is 8.90. The number of ether oxygens (including phenoxy) is 2. The van der Waals surface area contributed by atoms with Crippen LogP contribution in [0.5, 0.6) is 5.75 Å². The molecule has 0 saturated heterocycles. The fraction of sp³-hybridized carbons (Fsp3) is 0.136. The molecule has 0 N–H and O–H groups in total. The minimum absolute atomic E-state index is 0.0444. The molecule has 0 bridgehead atoms. The maximum atomic E-state index is 14.7. The highest BCUT2D eigenvalue weighted by Crippen LogP contribution is 2.27. The van der Waals surface area contributed by atoms with Gasteiger partial charge in [0.05, 0.1) is 13.4 Å². The van der Waals surface area contributed by atoms with Crippen molar-refractivity contribution in [2.45, 2.75) is 13.5 Å². The second-order valence-corrected chi connectivity index (χ2v) is 7.29. The van der Waals surface area contributed by atoms with Gasteiger partial charge in [0, 0.05) is 23.4 Å². The number of aromatic nitrogens is 1. The highest BCUT2D eigenvalue weighted by molar-refractivity contribution is 9.10. The summed E-state index contributed by atoms with van der Waals surface area (Å²) in [4.78, 5) is 12.8. The van der Waals surface area contributed by atoms with E-state index in [0.29, 0.717) is 6.07 Å². The Morgan fingerprint density at radius 3 is 2.32 bits per heavy atom. The molecule has 0 radical (unpaired) electrons. The molecule has 3 aromatic rings. The van der Waals surface area contributed by atoms with Crippen molar-refractivity contribution < 1.29 is 27.0 Å². The van der Waals surface area contributed by atoms with Gasteiger partial charge in [0.25, 0.3) is 5.56 Å². The standard InChI is InChI=1S/C22H16BrF4NO3/c1-12-7-19(31-11-14-3-4-15(24)10-16(14)25)20(23)22(29)28(12)21-17(26)8-13(5-6-30-2)9-18(21)27/h3-10H,11H2,1-2H3. The zero-order valence-corrected chi connectivity index (χ0v) is 18.0. The fourth-order valence-electron chi connectivity index (χ4n) is 2.90. The molecular weight excluding hydrogens is 482 g/mol. The lowest BCUT2D eigenvalue weighted by molar-refractivity contribution is 0.296. The summed E-state index contributed by atoms with van der Waals surface area (Å²) in [6, 6.07) is 6.53. The van der Waals surface area contributed by atoms with E-state index in [1.165, 1.54) is 38.5 Å². The van der Waals surface area contributed by atoms with E-state index in [1.54, 1.807) is 0 Å². The predicted molar refractivity (Wildman–Crippen MR) is 111 cm³/mol. The Hall–Kier alpha value is -3.07. The summed E-state index contributed by atoms with van der Waals surface area (Å²) in [5.41, 5.74) is -0.846. The summed E-state index contributed by atoms with van der Waals surface area (Å²) < 4.78 is 67.2. The number of nitrogens with zero attached hydrogens (tertiary/aromatic N) is 1. The van der Waals surface area contributed by atoms with E-state index in [2.05, 4.69) is 15.9 Å².